The van der Waals surface area contributed by atoms with Gasteiger partial charge >= 0.3 is 0 Å². The van der Waals surface area contributed by atoms with E-state index in [0.717, 1.165) is 51.7 Å². The Bertz CT molecular complexity index is 807. The highest BCUT2D eigenvalue weighted by atomic mass is 16.2. The van der Waals surface area contributed by atoms with Crippen LogP contribution in [0.2, 0.25) is 0 Å². The predicted molar refractivity (Wildman–Crippen MR) is 128 cm³/mol. The number of hydrogen-bond acceptors (Lipinski definition) is 3. The molecule has 3 aliphatic rings. The zero-order valence-corrected chi connectivity index (χ0v) is 21.1. The highest BCUT2D eigenvalue weighted by Crippen LogP contribution is 2.30. The molecule has 7 nitrogen and oxygen atoms in total. The van der Waals surface area contributed by atoms with Crippen molar-refractivity contribution >= 4 is 11.8 Å². The Balaban J connectivity index is 1.37. The molecule has 184 valence electrons. The van der Waals surface area contributed by atoms with Crippen LogP contribution in [-0.4, -0.2) is 64.9 Å². The van der Waals surface area contributed by atoms with E-state index in [-0.39, 0.29) is 23.9 Å². The second-order valence-corrected chi connectivity index (χ2v) is 11.3. The van der Waals surface area contributed by atoms with Crippen molar-refractivity contribution in [1.82, 2.24) is 20.1 Å². The van der Waals surface area contributed by atoms with Gasteiger partial charge in [0.15, 0.2) is 0 Å². The number of H-pyrrole nitrogens is 1. The van der Waals surface area contributed by atoms with Crippen molar-refractivity contribution in [1.29, 1.82) is 0 Å². The van der Waals surface area contributed by atoms with E-state index >= 15 is 0 Å². The summed E-state index contributed by atoms with van der Waals surface area (Å²) in [4.78, 5) is 34.3. The zero-order valence-electron chi connectivity index (χ0n) is 21.1. The van der Waals surface area contributed by atoms with Crippen molar-refractivity contribution in [2.45, 2.75) is 90.8 Å². The van der Waals surface area contributed by atoms with E-state index in [1.165, 1.54) is 18.7 Å². The van der Waals surface area contributed by atoms with Gasteiger partial charge in [-0.1, -0.05) is 27.7 Å². The third-order valence-corrected chi connectivity index (χ3v) is 7.53. The van der Waals surface area contributed by atoms with E-state index < -0.39 is 0 Å². The highest BCUT2D eigenvalue weighted by molar-refractivity contribution is 5.90. The van der Waals surface area contributed by atoms with Crippen LogP contribution in [0.15, 0.2) is 12.4 Å². The Hall–Kier alpha value is -1.89. The minimum atomic E-state index is -0.328. The zero-order chi connectivity index (χ0) is 23.5. The number of carbonyl (C=O) groups is 2. The molecule has 0 bridgehead atoms. The molecule has 2 saturated heterocycles. The molecule has 1 aromatic heterocycles. The summed E-state index contributed by atoms with van der Waals surface area (Å²) in [7, 11) is 0. The monoisotopic (exact) mass is 458 g/mol. The molecule has 2 atom stereocenters. The number of carbonyl (C=O) groups excluding carboxylic acids is 2. The smallest absolute Gasteiger partial charge is 0.254 e. The first kappa shape index (κ1) is 24.2. The lowest BCUT2D eigenvalue weighted by atomic mass is 9.91. The van der Waals surface area contributed by atoms with Crippen LogP contribution in [0, 0.1) is 17.8 Å². The molecule has 33 heavy (non-hydrogen) atoms. The van der Waals surface area contributed by atoms with Gasteiger partial charge in [0.05, 0.1) is 12.5 Å². The van der Waals surface area contributed by atoms with Gasteiger partial charge in [0.1, 0.15) is 24.5 Å². The van der Waals surface area contributed by atoms with Crippen LogP contribution in [0.5, 0.6) is 0 Å². The van der Waals surface area contributed by atoms with E-state index in [9.17, 15) is 9.59 Å². The molecule has 4 rings (SSSR count). The van der Waals surface area contributed by atoms with Crippen molar-refractivity contribution in [3.05, 3.63) is 18.2 Å². The van der Waals surface area contributed by atoms with E-state index in [1.807, 2.05) is 9.80 Å². The van der Waals surface area contributed by atoms with Gasteiger partial charge in [-0.2, -0.15) is 0 Å². The lowest BCUT2D eigenvalue weighted by molar-refractivity contribution is -0.706. The third kappa shape index (κ3) is 5.97. The van der Waals surface area contributed by atoms with Gasteiger partial charge in [0.25, 0.3) is 5.82 Å². The Kier molecular flexibility index (Phi) is 7.77. The van der Waals surface area contributed by atoms with Gasteiger partial charge in [-0.25, -0.2) is 9.55 Å². The molecule has 2 N–H and O–H groups in total. The highest BCUT2D eigenvalue weighted by Gasteiger charge is 2.39. The van der Waals surface area contributed by atoms with Gasteiger partial charge in [-0.05, 0) is 56.3 Å². The molecular weight excluding hydrogens is 414 g/mol. The van der Waals surface area contributed by atoms with Crippen LogP contribution in [0.1, 0.15) is 78.1 Å². The normalized spacial score (nSPS) is 23.6. The largest absolute Gasteiger partial charge is 0.341 e. The first-order valence-electron chi connectivity index (χ1n) is 13.2. The van der Waals surface area contributed by atoms with E-state index in [4.69, 9.17) is 0 Å². The number of nitrogens with one attached hydrogen (secondary N) is 2. The topological polar surface area (TPSA) is 72.3 Å². The summed E-state index contributed by atoms with van der Waals surface area (Å²) in [6, 6.07) is 0.206. The second kappa shape index (κ2) is 10.6. The summed E-state index contributed by atoms with van der Waals surface area (Å²) in [5.74, 6) is 3.03. The molecule has 2 aliphatic heterocycles. The molecule has 3 fully saturated rings. The molecule has 1 aromatic rings. The summed E-state index contributed by atoms with van der Waals surface area (Å²) >= 11 is 0. The van der Waals surface area contributed by atoms with Crippen molar-refractivity contribution < 1.29 is 14.2 Å². The number of aromatic nitrogens is 2. The van der Waals surface area contributed by atoms with Crippen LogP contribution >= 0.6 is 0 Å². The molecule has 7 heteroatoms. The van der Waals surface area contributed by atoms with Crippen LogP contribution in [0.3, 0.4) is 0 Å². The maximum absolute atomic E-state index is 13.7. The molecule has 1 saturated carbocycles. The summed E-state index contributed by atoms with van der Waals surface area (Å²) in [6.07, 6.45) is 11.5. The summed E-state index contributed by atoms with van der Waals surface area (Å²) < 4.78 is 2.42. The predicted octanol–water partition coefficient (Wildman–Crippen LogP) is 2.68. The Morgan fingerprint density at radius 2 is 1.82 bits per heavy atom. The Morgan fingerprint density at radius 1 is 1.09 bits per heavy atom. The average Bonchev–Trinajstić information content (AvgIpc) is 3.52. The molecule has 0 spiro atoms. The summed E-state index contributed by atoms with van der Waals surface area (Å²) in [5.41, 5.74) is 0. The Morgan fingerprint density at radius 3 is 2.45 bits per heavy atom. The SMILES string of the molecule is CC(C)C[C@@H]1NCCN([C@@H](CC(C)C)C(=O)N2CCC(Cc3[nH]cc[n+]3C3CC3)CC2)C1=O. The maximum Gasteiger partial charge on any atom is 0.254 e. The Labute approximate surface area is 199 Å². The molecule has 3 heterocycles. The number of piperazine rings is 1. The standard InChI is InChI=1S/C26H43N5O2/c1-18(2)15-22-25(32)31(14-9-27-22)23(16-19(3)4)26(33)29-11-7-20(8-12-29)17-24-28-10-13-30(24)21-5-6-21/h10,13,18-23,27H,5-9,11-12,14-17H2,1-4H3/p+1/t22-,23-/m0/s1. The van der Waals surface area contributed by atoms with Crippen molar-refractivity contribution in [3.8, 4) is 0 Å². The van der Waals surface area contributed by atoms with Crippen LogP contribution < -0.4 is 9.88 Å². The van der Waals surface area contributed by atoms with Crippen molar-refractivity contribution in [2.75, 3.05) is 26.2 Å². The van der Waals surface area contributed by atoms with Gasteiger partial charge < -0.3 is 15.1 Å². The number of likely N-dealkylation sites (tertiary alicyclic amines) is 1. The fraction of sp³-hybridized carbons (Fsp3) is 0.808. The van der Waals surface area contributed by atoms with Crippen LogP contribution in [0.4, 0.5) is 0 Å². The molecular formula is C26H44N5O2+. The number of amides is 2. The van der Waals surface area contributed by atoms with Gasteiger partial charge in [-0.15, -0.1) is 0 Å². The minimum absolute atomic E-state index is 0.111. The fourth-order valence-corrected chi connectivity index (χ4v) is 5.61. The molecule has 0 unspecified atom stereocenters. The minimum Gasteiger partial charge on any atom is -0.341 e. The number of nitrogens with zero attached hydrogens (tertiary/aromatic N) is 3. The first-order valence-corrected chi connectivity index (χ1v) is 13.2. The summed E-state index contributed by atoms with van der Waals surface area (Å²) in [6.45, 7) is 11.6. The van der Waals surface area contributed by atoms with E-state index in [1.54, 1.807) is 0 Å². The number of imidazole rings is 1. The van der Waals surface area contributed by atoms with Gasteiger partial charge in [0, 0.05) is 26.2 Å². The van der Waals surface area contributed by atoms with Crippen molar-refractivity contribution in [3.63, 3.8) is 0 Å². The molecule has 2 amide bonds. The van der Waals surface area contributed by atoms with Gasteiger partial charge in [0.2, 0.25) is 11.8 Å². The number of rotatable bonds is 9. The first-order chi connectivity index (χ1) is 15.8. The van der Waals surface area contributed by atoms with Crippen LogP contribution in [-0.2, 0) is 16.0 Å². The van der Waals surface area contributed by atoms with Crippen LogP contribution in [0.25, 0.3) is 0 Å². The lowest BCUT2D eigenvalue weighted by Gasteiger charge is -2.42. The molecule has 0 aromatic carbocycles. The maximum atomic E-state index is 13.7. The van der Waals surface area contributed by atoms with Crippen molar-refractivity contribution in [2.24, 2.45) is 17.8 Å². The number of piperidine rings is 1. The fourth-order valence-electron chi connectivity index (χ4n) is 5.61. The third-order valence-electron chi connectivity index (χ3n) is 7.53. The van der Waals surface area contributed by atoms with E-state index in [0.29, 0.717) is 30.3 Å². The molecule has 0 radical (unpaired) electrons. The van der Waals surface area contributed by atoms with E-state index in [2.05, 4.69) is 55.0 Å². The number of hydrogen-bond donors (Lipinski definition) is 2. The second-order valence-electron chi connectivity index (χ2n) is 11.3. The number of aromatic amines is 1. The average molecular weight is 459 g/mol. The summed E-state index contributed by atoms with van der Waals surface area (Å²) in [5, 5.41) is 3.38. The van der Waals surface area contributed by atoms with Gasteiger partial charge in [-0.3, -0.25) is 9.59 Å². The lowest BCUT2D eigenvalue weighted by Crippen LogP contribution is -2.62. The molecule has 1 aliphatic carbocycles. The quantitative estimate of drug-likeness (QED) is 0.559.